The average molecular weight is 203 g/mol. The Morgan fingerprint density at radius 1 is 1.07 bits per heavy atom. The summed E-state index contributed by atoms with van der Waals surface area (Å²) in [5.41, 5.74) is 0. The van der Waals surface area contributed by atoms with E-state index in [1.54, 1.807) is 0 Å². The van der Waals surface area contributed by atoms with Crippen LogP contribution in [0, 0.1) is 5.92 Å². The summed E-state index contributed by atoms with van der Waals surface area (Å²) in [5, 5.41) is 3.24. The lowest BCUT2D eigenvalue weighted by molar-refractivity contribution is 0.0352. The summed E-state index contributed by atoms with van der Waals surface area (Å²) in [7, 11) is 1.97. The van der Waals surface area contributed by atoms with Gasteiger partial charge in [0.15, 0.2) is 0 Å². The number of likely N-dealkylation sites (N-methyl/N-ethyl adjacent to an activating group) is 1. The van der Waals surface area contributed by atoms with E-state index in [0.717, 1.165) is 19.6 Å². The lowest BCUT2D eigenvalue weighted by Gasteiger charge is -2.19. The third-order valence-electron chi connectivity index (χ3n) is 2.19. The lowest BCUT2D eigenvalue weighted by Crippen LogP contribution is -2.35. The first-order chi connectivity index (χ1) is 6.72. The molecule has 3 nitrogen and oxygen atoms in total. The molecule has 1 atom stereocenters. The van der Waals surface area contributed by atoms with Crippen LogP contribution >= 0.6 is 0 Å². The second-order valence-electron chi connectivity index (χ2n) is 3.83. The fraction of sp³-hybridized carbons (Fsp3) is 1.00. The third-order valence-corrected chi connectivity index (χ3v) is 2.19. The first-order valence-corrected chi connectivity index (χ1v) is 5.55. The maximum atomic E-state index is 5.51. The van der Waals surface area contributed by atoms with Gasteiger partial charge in [-0.15, -0.1) is 0 Å². The molecule has 0 heterocycles. The summed E-state index contributed by atoms with van der Waals surface area (Å²) in [6, 6.07) is 0.446. The zero-order chi connectivity index (χ0) is 10.8. The molecule has 0 aromatic carbocycles. The molecule has 0 aliphatic rings. The maximum absolute atomic E-state index is 5.51. The van der Waals surface area contributed by atoms with Gasteiger partial charge in [-0.25, -0.2) is 0 Å². The number of nitrogens with one attached hydrogen (secondary N) is 1. The van der Waals surface area contributed by atoms with Crippen molar-refractivity contribution >= 4 is 0 Å². The van der Waals surface area contributed by atoms with Crippen molar-refractivity contribution in [2.75, 3.05) is 33.5 Å². The predicted octanol–water partition coefficient (Wildman–Crippen LogP) is 1.67. The topological polar surface area (TPSA) is 30.5 Å². The second kappa shape index (κ2) is 9.44. The molecule has 0 aromatic rings. The van der Waals surface area contributed by atoms with Crippen LogP contribution in [0.5, 0.6) is 0 Å². The van der Waals surface area contributed by atoms with E-state index in [9.17, 15) is 0 Å². The fourth-order valence-electron chi connectivity index (χ4n) is 1.18. The highest BCUT2D eigenvalue weighted by molar-refractivity contribution is 4.66. The predicted molar refractivity (Wildman–Crippen MR) is 59.6 cm³/mol. The number of rotatable bonds is 9. The van der Waals surface area contributed by atoms with E-state index >= 15 is 0 Å². The van der Waals surface area contributed by atoms with E-state index in [1.807, 2.05) is 7.05 Å². The minimum absolute atomic E-state index is 0.446. The van der Waals surface area contributed by atoms with Gasteiger partial charge in [0.1, 0.15) is 0 Å². The van der Waals surface area contributed by atoms with E-state index in [4.69, 9.17) is 9.47 Å². The number of hydrogen-bond donors (Lipinski definition) is 1. The van der Waals surface area contributed by atoms with Crippen molar-refractivity contribution in [3.05, 3.63) is 0 Å². The molecule has 0 fully saturated rings. The fourth-order valence-corrected chi connectivity index (χ4v) is 1.18. The molecular formula is C11H25NO2. The van der Waals surface area contributed by atoms with Crippen LogP contribution in [-0.2, 0) is 9.47 Å². The molecule has 0 saturated heterocycles. The van der Waals surface area contributed by atoms with E-state index in [2.05, 4.69) is 26.1 Å². The van der Waals surface area contributed by atoms with Crippen LogP contribution < -0.4 is 5.32 Å². The van der Waals surface area contributed by atoms with E-state index in [1.165, 1.54) is 0 Å². The van der Waals surface area contributed by atoms with Gasteiger partial charge >= 0.3 is 0 Å². The molecule has 0 saturated carbocycles. The van der Waals surface area contributed by atoms with Crippen molar-refractivity contribution < 1.29 is 9.47 Å². The van der Waals surface area contributed by atoms with Gasteiger partial charge in [-0.3, -0.25) is 0 Å². The van der Waals surface area contributed by atoms with Gasteiger partial charge in [-0.05, 0) is 19.4 Å². The molecule has 86 valence electrons. The van der Waals surface area contributed by atoms with Crippen molar-refractivity contribution in [1.82, 2.24) is 5.32 Å². The molecular weight excluding hydrogens is 178 g/mol. The lowest BCUT2D eigenvalue weighted by atomic mass is 10.1. The monoisotopic (exact) mass is 203 g/mol. The molecule has 0 aromatic heterocycles. The average Bonchev–Trinajstić information content (AvgIpc) is 2.16. The van der Waals surface area contributed by atoms with Crippen LogP contribution in [0.3, 0.4) is 0 Å². The maximum Gasteiger partial charge on any atom is 0.0701 e. The van der Waals surface area contributed by atoms with Crippen molar-refractivity contribution in [3.8, 4) is 0 Å². The first kappa shape index (κ1) is 13.9. The summed E-state index contributed by atoms with van der Waals surface area (Å²) >= 11 is 0. The van der Waals surface area contributed by atoms with Crippen LogP contribution in [0.2, 0.25) is 0 Å². The Hall–Kier alpha value is -0.120. The molecule has 0 aliphatic carbocycles. The van der Waals surface area contributed by atoms with Gasteiger partial charge in [0.2, 0.25) is 0 Å². The van der Waals surface area contributed by atoms with Crippen molar-refractivity contribution in [3.63, 3.8) is 0 Å². The minimum Gasteiger partial charge on any atom is -0.379 e. The Morgan fingerprint density at radius 2 is 1.71 bits per heavy atom. The van der Waals surface area contributed by atoms with Gasteiger partial charge < -0.3 is 14.8 Å². The van der Waals surface area contributed by atoms with Crippen LogP contribution in [0.15, 0.2) is 0 Å². The highest BCUT2D eigenvalue weighted by Gasteiger charge is 2.09. The molecule has 0 amide bonds. The normalized spacial score (nSPS) is 13.5. The Balaban J connectivity index is 3.25. The van der Waals surface area contributed by atoms with Crippen LogP contribution in [0.25, 0.3) is 0 Å². The summed E-state index contributed by atoms with van der Waals surface area (Å²) < 4.78 is 10.8. The third kappa shape index (κ3) is 7.30. The van der Waals surface area contributed by atoms with E-state index in [-0.39, 0.29) is 0 Å². The molecule has 0 bridgehead atoms. The van der Waals surface area contributed by atoms with Gasteiger partial charge in [-0.1, -0.05) is 20.8 Å². The standard InChI is InChI=1S/C11H25NO2/c1-5-6-13-7-8-14-9-11(12-4)10(2)3/h10-12H,5-9H2,1-4H3. The quantitative estimate of drug-likeness (QED) is 0.578. The summed E-state index contributed by atoms with van der Waals surface area (Å²) in [6.45, 7) is 9.51. The Kier molecular flexibility index (Phi) is 9.35. The van der Waals surface area contributed by atoms with Crippen molar-refractivity contribution in [2.24, 2.45) is 5.92 Å². The molecule has 1 unspecified atom stereocenters. The Labute approximate surface area is 88.2 Å². The molecule has 14 heavy (non-hydrogen) atoms. The highest BCUT2D eigenvalue weighted by atomic mass is 16.5. The second-order valence-corrected chi connectivity index (χ2v) is 3.83. The van der Waals surface area contributed by atoms with Gasteiger partial charge in [0.05, 0.1) is 19.8 Å². The van der Waals surface area contributed by atoms with Crippen molar-refractivity contribution in [1.29, 1.82) is 0 Å². The Bertz CT molecular complexity index is 118. The largest absolute Gasteiger partial charge is 0.379 e. The summed E-state index contributed by atoms with van der Waals surface area (Å²) in [4.78, 5) is 0. The SMILES string of the molecule is CCCOCCOCC(NC)C(C)C. The van der Waals surface area contributed by atoms with Crippen LogP contribution in [0.4, 0.5) is 0 Å². The molecule has 0 aliphatic heterocycles. The molecule has 3 heteroatoms. The zero-order valence-electron chi connectivity index (χ0n) is 10.0. The van der Waals surface area contributed by atoms with Gasteiger partial charge in [0.25, 0.3) is 0 Å². The van der Waals surface area contributed by atoms with E-state index in [0.29, 0.717) is 25.2 Å². The number of hydrogen-bond acceptors (Lipinski definition) is 3. The Morgan fingerprint density at radius 3 is 2.21 bits per heavy atom. The van der Waals surface area contributed by atoms with Crippen LogP contribution in [0.1, 0.15) is 27.2 Å². The summed E-state index contributed by atoms with van der Waals surface area (Å²) in [6.07, 6.45) is 1.07. The summed E-state index contributed by atoms with van der Waals surface area (Å²) in [5.74, 6) is 0.608. The number of ether oxygens (including phenoxy) is 2. The molecule has 1 N–H and O–H groups in total. The van der Waals surface area contributed by atoms with Crippen LogP contribution in [-0.4, -0.2) is 39.5 Å². The van der Waals surface area contributed by atoms with Gasteiger partial charge in [-0.2, -0.15) is 0 Å². The van der Waals surface area contributed by atoms with E-state index < -0.39 is 0 Å². The molecule has 0 rings (SSSR count). The first-order valence-electron chi connectivity index (χ1n) is 5.55. The smallest absolute Gasteiger partial charge is 0.0701 e. The van der Waals surface area contributed by atoms with Gasteiger partial charge in [0, 0.05) is 12.6 Å². The highest BCUT2D eigenvalue weighted by Crippen LogP contribution is 2.00. The molecule has 0 spiro atoms. The van der Waals surface area contributed by atoms with Crippen molar-refractivity contribution in [2.45, 2.75) is 33.2 Å². The zero-order valence-corrected chi connectivity index (χ0v) is 10.0. The molecule has 0 radical (unpaired) electrons. The minimum atomic E-state index is 0.446.